The van der Waals surface area contributed by atoms with E-state index in [1.165, 1.54) is 12.1 Å². The van der Waals surface area contributed by atoms with Crippen molar-refractivity contribution in [2.75, 3.05) is 17.5 Å². The molecule has 16 heavy (non-hydrogen) atoms. The van der Waals surface area contributed by atoms with Crippen LogP contribution in [0.3, 0.4) is 0 Å². The number of hydrogen-bond acceptors (Lipinski definition) is 4. The van der Waals surface area contributed by atoms with E-state index in [1.807, 2.05) is 0 Å². The van der Waals surface area contributed by atoms with E-state index in [9.17, 15) is 13.2 Å². The van der Waals surface area contributed by atoms with Crippen LogP contribution in [-0.4, -0.2) is 26.5 Å². The van der Waals surface area contributed by atoms with Crippen molar-refractivity contribution in [1.82, 2.24) is 0 Å². The highest BCUT2D eigenvalue weighted by Crippen LogP contribution is 2.24. The van der Waals surface area contributed by atoms with Gasteiger partial charge in [-0.2, -0.15) is 8.42 Å². The van der Waals surface area contributed by atoms with Gasteiger partial charge in [0.15, 0.2) is 5.75 Å². The van der Waals surface area contributed by atoms with Crippen LogP contribution in [0.2, 0.25) is 0 Å². The summed E-state index contributed by atoms with van der Waals surface area (Å²) in [7, 11) is -3.63. The molecular weight excluding hydrogens is 254 g/mol. The summed E-state index contributed by atoms with van der Waals surface area (Å²) in [6.07, 6.45) is 0.924. The van der Waals surface area contributed by atoms with Crippen molar-refractivity contribution in [3.63, 3.8) is 0 Å². The van der Waals surface area contributed by atoms with Crippen molar-refractivity contribution < 1.29 is 17.4 Å². The first-order valence-electron chi connectivity index (χ1n) is 4.26. The van der Waals surface area contributed by atoms with E-state index in [0.717, 1.165) is 6.26 Å². The van der Waals surface area contributed by atoms with Crippen LogP contribution in [0.5, 0.6) is 5.75 Å². The van der Waals surface area contributed by atoms with Crippen molar-refractivity contribution in [2.24, 2.45) is 0 Å². The quantitative estimate of drug-likeness (QED) is 0.654. The number of nitrogens with one attached hydrogen (secondary N) is 1. The van der Waals surface area contributed by atoms with E-state index >= 15 is 0 Å². The molecule has 0 unspecified atom stereocenters. The maximum absolute atomic E-state index is 11.1. The van der Waals surface area contributed by atoms with E-state index < -0.39 is 16.0 Å². The van der Waals surface area contributed by atoms with Crippen LogP contribution in [0.1, 0.15) is 0 Å². The molecule has 0 aliphatic heterocycles. The Labute approximate surface area is 98.5 Å². The highest BCUT2D eigenvalue weighted by Gasteiger charge is 2.10. The Morgan fingerprint density at radius 3 is 2.62 bits per heavy atom. The van der Waals surface area contributed by atoms with Gasteiger partial charge < -0.3 is 9.50 Å². The average molecular weight is 264 g/mol. The number of halogens is 1. The monoisotopic (exact) mass is 263 g/mol. The van der Waals surface area contributed by atoms with Gasteiger partial charge in [-0.15, -0.1) is 11.6 Å². The molecule has 0 spiro atoms. The molecule has 7 heteroatoms. The number of anilines is 1. The van der Waals surface area contributed by atoms with Crippen molar-refractivity contribution in [2.45, 2.75) is 0 Å². The van der Waals surface area contributed by atoms with Gasteiger partial charge >= 0.3 is 10.1 Å². The normalized spacial score (nSPS) is 10.9. The van der Waals surface area contributed by atoms with Crippen LogP contribution in [0.25, 0.3) is 0 Å². The van der Waals surface area contributed by atoms with E-state index in [1.54, 1.807) is 12.1 Å². The minimum atomic E-state index is -3.63. The lowest BCUT2D eigenvalue weighted by Gasteiger charge is -2.09. The smallest absolute Gasteiger partial charge is 0.306 e. The summed E-state index contributed by atoms with van der Waals surface area (Å²) in [5, 5.41) is 2.42. The molecule has 1 aromatic carbocycles. The minimum absolute atomic E-state index is 0.0588. The maximum Gasteiger partial charge on any atom is 0.306 e. The summed E-state index contributed by atoms with van der Waals surface area (Å²) in [4.78, 5) is 11.1. The molecule has 0 aliphatic carbocycles. The van der Waals surface area contributed by atoms with Crippen LogP contribution in [0, 0.1) is 0 Å². The first kappa shape index (κ1) is 12.8. The molecule has 0 saturated carbocycles. The summed E-state index contributed by atoms with van der Waals surface area (Å²) in [5.41, 5.74) is 0.263. The Morgan fingerprint density at radius 2 is 2.06 bits per heavy atom. The van der Waals surface area contributed by atoms with Crippen molar-refractivity contribution in [3.8, 4) is 5.75 Å². The third-order valence-electron chi connectivity index (χ3n) is 1.52. The van der Waals surface area contributed by atoms with Gasteiger partial charge in [0, 0.05) is 0 Å². The standard InChI is InChI=1S/C9H10ClNO4S/c1-16(13,14)15-8-5-3-2-4-7(8)11-9(12)6-10/h2-5H,6H2,1H3,(H,11,12). The molecule has 1 amide bonds. The molecule has 0 atom stereocenters. The largest absolute Gasteiger partial charge is 0.380 e. The first-order chi connectivity index (χ1) is 7.42. The van der Waals surface area contributed by atoms with E-state index in [2.05, 4.69) is 5.32 Å². The zero-order valence-corrected chi connectivity index (χ0v) is 10.0. The van der Waals surface area contributed by atoms with E-state index in [4.69, 9.17) is 15.8 Å². The lowest BCUT2D eigenvalue weighted by Crippen LogP contribution is -2.14. The van der Waals surface area contributed by atoms with Crippen LogP contribution in [0.4, 0.5) is 5.69 Å². The van der Waals surface area contributed by atoms with Gasteiger partial charge in [-0.3, -0.25) is 4.79 Å². The van der Waals surface area contributed by atoms with Crippen molar-refractivity contribution >= 4 is 33.3 Å². The zero-order chi connectivity index (χ0) is 12.2. The molecule has 1 rings (SSSR count). The molecule has 1 aromatic rings. The van der Waals surface area contributed by atoms with E-state index in [-0.39, 0.29) is 17.3 Å². The summed E-state index contributed by atoms with van der Waals surface area (Å²) < 4.78 is 26.6. The average Bonchev–Trinajstić information content (AvgIpc) is 2.18. The molecule has 0 fully saturated rings. The second kappa shape index (κ2) is 5.18. The fourth-order valence-electron chi connectivity index (χ4n) is 0.989. The predicted molar refractivity (Wildman–Crippen MR) is 61.3 cm³/mol. The highest BCUT2D eigenvalue weighted by molar-refractivity contribution is 7.86. The summed E-state index contributed by atoms with van der Waals surface area (Å²) in [6, 6.07) is 6.19. The number of carbonyl (C=O) groups is 1. The first-order valence-corrected chi connectivity index (χ1v) is 6.62. The van der Waals surface area contributed by atoms with Gasteiger partial charge in [0.25, 0.3) is 0 Å². The minimum Gasteiger partial charge on any atom is -0.380 e. The molecule has 0 aliphatic rings. The predicted octanol–water partition coefficient (Wildman–Crippen LogP) is 1.20. The molecule has 5 nitrogen and oxygen atoms in total. The molecule has 0 saturated heterocycles. The lowest BCUT2D eigenvalue weighted by atomic mass is 10.3. The molecule has 1 N–H and O–H groups in total. The summed E-state index contributed by atoms with van der Waals surface area (Å²) in [5.74, 6) is -0.595. The van der Waals surface area contributed by atoms with Gasteiger partial charge in [0.2, 0.25) is 5.91 Å². The van der Waals surface area contributed by atoms with Crippen LogP contribution >= 0.6 is 11.6 Å². The Balaban J connectivity index is 2.96. The van der Waals surface area contributed by atoms with Gasteiger partial charge in [-0.05, 0) is 12.1 Å². The fourth-order valence-corrected chi connectivity index (χ4v) is 1.53. The maximum atomic E-state index is 11.1. The number of benzene rings is 1. The van der Waals surface area contributed by atoms with Gasteiger partial charge in [0.1, 0.15) is 5.88 Å². The fraction of sp³-hybridized carbons (Fsp3) is 0.222. The number of amides is 1. The SMILES string of the molecule is CS(=O)(=O)Oc1ccccc1NC(=O)CCl. The molecule has 0 bridgehead atoms. The Morgan fingerprint density at radius 1 is 1.44 bits per heavy atom. The second-order valence-corrected chi connectivity index (χ2v) is 4.81. The molecule has 0 radical (unpaired) electrons. The molecule has 0 heterocycles. The summed E-state index contributed by atoms with van der Waals surface area (Å²) >= 11 is 5.32. The van der Waals surface area contributed by atoms with Crippen LogP contribution < -0.4 is 9.50 Å². The number of alkyl halides is 1. The molecule has 88 valence electrons. The number of rotatable bonds is 4. The van der Waals surface area contributed by atoms with Gasteiger partial charge in [0.05, 0.1) is 11.9 Å². The van der Waals surface area contributed by atoms with Crippen molar-refractivity contribution in [1.29, 1.82) is 0 Å². The topological polar surface area (TPSA) is 72.5 Å². The Hall–Kier alpha value is -1.27. The second-order valence-electron chi connectivity index (χ2n) is 2.97. The molecule has 0 aromatic heterocycles. The third kappa shape index (κ3) is 4.08. The Kier molecular flexibility index (Phi) is 4.14. The van der Waals surface area contributed by atoms with Crippen LogP contribution in [-0.2, 0) is 14.9 Å². The zero-order valence-electron chi connectivity index (χ0n) is 8.44. The van der Waals surface area contributed by atoms with Crippen LogP contribution in [0.15, 0.2) is 24.3 Å². The summed E-state index contributed by atoms with van der Waals surface area (Å²) in [6.45, 7) is 0. The van der Waals surface area contributed by atoms with Crippen molar-refractivity contribution in [3.05, 3.63) is 24.3 Å². The van der Waals surface area contributed by atoms with E-state index in [0.29, 0.717) is 0 Å². The third-order valence-corrected chi connectivity index (χ3v) is 2.25. The number of hydrogen-bond donors (Lipinski definition) is 1. The highest BCUT2D eigenvalue weighted by atomic mass is 35.5. The van der Waals surface area contributed by atoms with Gasteiger partial charge in [-0.1, -0.05) is 12.1 Å². The number of para-hydroxylation sites is 2. The van der Waals surface area contributed by atoms with Gasteiger partial charge in [-0.25, -0.2) is 0 Å². The Bertz CT molecular complexity index is 486. The number of carbonyl (C=O) groups excluding carboxylic acids is 1. The lowest BCUT2D eigenvalue weighted by molar-refractivity contribution is -0.113. The molecular formula is C9H10ClNO4S.